The van der Waals surface area contributed by atoms with E-state index in [0.717, 1.165) is 28.5 Å². The largest absolute Gasteiger partial charge is 0.481 e. The molecule has 0 amide bonds. The number of ether oxygens (including phenoxy) is 2. The summed E-state index contributed by atoms with van der Waals surface area (Å²) >= 11 is 0. The normalized spacial score (nSPS) is 9.88. The van der Waals surface area contributed by atoms with Crippen molar-refractivity contribution in [2.24, 2.45) is 0 Å². The molecule has 0 bridgehead atoms. The topological polar surface area (TPSA) is 30.5 Å². The van der Waals surface area contributed by atoms with Crippen LogP contribution in [0.2, 0.25) is 0 Å². The number of terminal acetylenes is 1. The van der Waals surface area contributed by atoms with E-state index < -0.39 is 0 Å². The molecule has 0 aliphatic heterocycles. The van der Waals surface area contributed by atoms with Crippen LogP contribution >= 0.6 is 0 Å². The van der Waals surface area contributed by atoms with Gasteiger partial charge in [-0.05, 0) is 54.1 Å². The molecule has 0 fully saturated rings. The van der Waals surface area contributed by atoms with Crippen LogP contribution in [0.5, 0.6) is 17.2 Å². The first-order valence-corrected chi connectivity index (χ1v) is 8.05. The van der Waals surface area contributed by atoms with E-state index in [1.807, 2.05) is 78.9 Å². The predicted molar refractivity (Wildman–Crippen MR) is 101 cm³/mol. The molecular formula is C22H19NO2. The molecule has 1 N–H and O–H groups in total. The predicted octanol–water partition coefficient (Wildman–Crippen LogP) is 5.10. The van der Waals surface area contributed by atoms with Crippen LogP contribution in [-0.4, -0.2) is 6.61 Å². The first kappa shape index (κ1) is 16.5. The second kappa shape index (κ2) is 8.47. The highest BCUT2D eigenvalue weighted by Crippen LogP contribution is 2.23. The third-order valence-electron chi connectivity index (χ3n) is 3.55. The molecule has 0 heterocycles. The lowest BCUT2D eigenvalue weighted by atomic mass is 10.2. The maximum Gasteiger partial charge on any atom is 0.148 e. The molecule has 3 rings (SSSR count). The Labute approximate surface area is 148 Å². The third kappa shape index (κ3) is 5.05. The first-order chi connectivity index (χ1) is 12.3. The van der Waals surface area contributed by atoms with E-state index in [1.54, 1.807) is 0 Å². The van der Waals surface area contributed by atoms with Gasteiger partial charge in [0.2, 0.25) is 0 Å². The molecule has 0 radical (unpaired) electrons. The van der Waals surface area contributed by atoms with Crippen LogP contribution in [0.15, 0.2) is 78.9 Å². The van der Waals surface area contributed by atoms with Gasteiger partial charge in [-0.15, -0.1) is 6.42 Å². The van der Waals surface area contributed by atoms with Crippen molar-refractivity contribution in [2.45, 2.75) is 6.54 Å². The van der Waals surface area contributed by atoms with Gasteiger partial charge in [-0.25, -0.2) is 0 Å². The standard InChI is InChI=1S/C22H19NO2/c1-2-15-24-22-10-6-7-18(16-22)17-23-19-11-13-21(14-12-19)25-20-8-4-3-5-9-20/h1,3-14,16,23H,15,17H2. The number of hydrogen-bond donors (Lipinski definition) is 1. The van der Waals surface area contributed by atoms with E-state index >= 15 is 0 Å². The van der Waals surface area contributed by atoms with Crippen molar-refractivity contribution in [3.63, 3.8) is 0 Å². The quantitative estimate of drug-likeness (QED) is 0.612. The summed E-state index contributed by atoms with van der Waals surface area (Å²) < 4.78 is 11.2. The maximum absolute atomic E-state index is 5.79. The zero-order chi connectivity index (χ0) is 17.3. The summed E-state index contributed by atoms with van der Waals surface area (Å²) in [6.45, 7) is 0.978. The summed E-state index contributed by atoms with van der Waals surface area (Å²) in [7, 11) is 0. The summed E-state index contributed by atoms with van der Waals surface area (Å²) in [5.74, 6) is 4.88. The zero-order valence-electron chi connectivity index (χ0n) is 13.8. The highest BCUT2D eigenvalue weighted by Gasteiger charge is 1.99. The molecule has 0 aliphatic carbocycles. The van der Waals surface area contributed by atoms with Gasteiger partial charge in [0, 0.05) is 12.2 Å². The Morgan fingerprint density at radius 3 is 2.28 bits per heavy atom. The second-order valence-corrected chi connectivity index (χ2v) is 5.43. The fourth-order valence-corrected chi connectivity index (χ4v) is 2.34. The van der Waals surface area contributed by atoms with Gasteiger partial charge >= 0.3 is 0 Å². The maximum atomic E-state index is 5.79. The minimum atomic E-state index is 0.278. The van der Waals surface area contributed by atoms with Gasteiger partial charge in [-0.2, -0.15) is 0 Å². The van der Waals surface area contributed by atoms with Crippen molar-refractivity contribution in [3.8, 4) is 29.6 Å². The van der Waals surface area contributed by atoms with Gasteiger partial charge in [0.05, 0.1) is 0 Å². The third-order valence-corrected chi connectivity index (χ3v) is 3.55. The molecule has 0 aliphatic rings. The Morgan fingerprint density at radius 1 is 0.800 bits per heavy atom. The lowest BCUT2D eigenvalue weighted by Crippen LogP contribution is -2.00. The zero-order valence-corrected chi connectivity index (χ0v) is 13.8. The minimum Gasteiger partial charge on any atom is -0.481 e. The number of anilines is 1. The minimum absolute atomic E-state index is 0.278. The van der Waals surface area contributed by atoms with Crippen LogP contribution in [0, 0.1) is 12.3 Å². The Balaban J connectivity index is 1.56. The highest BCUT2D eigenvalue weighted by atomic mass is 16.5. The van der Waals surface area contributed by atoms with Gasteiger partial charge in [0.1, 0.15) is 23.9 Å². The number of nitrogens with one attached hydrogen (secondary N) is 1. The Kier molecular flexibility index (Phi) is 5.58. The van der Waals surface area contributed by atoms with E-state index in [9.17, 15) is 0 Å². The van der Waals surface area contributed by atoms with E-state index in [1.165, 1.54) is 0 Å². The molecule has 25 heavy (non-hydrogen) atoms. The van der Waals surface area contributed by atoms with Crippen molar-refractivity contribution in [1.82, 2.24) is 0 Å². The monoisotopic (exact) mass is 329 g/mol. The molecule has 0 spiro atoms. The van der Waals surface area contributed by atoms with Crippen LogP contribution < -0.4 is 14.8 Å². The molecule has 0 unspecified atom stereocenters. The fraction of sp³-hybridized carbons (Fsp3) is 0.0909. The Hall–Kier alpha value is -3.38. The molecule has 0 saturated heterocycles. The van der Waals surface area contributed by atoms with Crippen LogP contribution in [0.25, 0.3) is 0 Å². The van der Waals surface area contributed by atoms with Gasteiger partial charge in [0.15, 0.2) is 0 Å². The summed E-state index contributed by atoms with van der Waals surface area (Å²) in [6.07, 6.45) is 5.21. The lowest BCUT2D eigenvalue weighted by Gasteiger charge is -2.10. The van der Waals surface area contributed by atoms with Crippen LogP contribution in [0.1, 0.15) is 5.56 Å². The number of para-hydroxylation sites is 1. The fourth-order valence-electron chi connectivity index (χ4n) is 2.34. The van der Waals surface area contributed by atoms with Gasteiger partial charge in [0.25, 0.3) is 0 Å². The summed E-state index contributed by atoms with van der Waals surface area (Å²) in [5.41, 5.74) is 2.15. The summed E-state index contributed by atoms with van der Waals surface area (Å²) in [4.78, 5) is 0. The Bertz CT molecular complexity index is 836. The molecule has 3 heteroatoms. The molecular weight excluding hydrogens is 310 g/mol. The van der Waals surface area contributed by atoms with Crippen molar-refractivity contribution in [2.75, 3.05) is 11.9 Å². The second-order valence-electron chi connectivity index (χ2n) is 5.43. The SMILES string of the molecule is C#CCOc1cccc(CNc2ccc(Oc3ccccc3)cc2)c1. The molecule has 3 aromatic carbocycles. The van der Waals surface area contributed by atoms with E-state index in [-0.39, 0.29) is 6.61 Å². The highest BCUT2D eigenvalue weighted by molar-refractivity contribution is 5.48. The first-order valence-electron chi connectivity index (χ1n) is 8.05. The molecule has 124 valence electrons. The van der Waals surface area contributed by atoms with Crippen molar-refractivity contribution in [1.29, 1.82) is 0 Å². The number of hydrogen-bond acceptors (Lipinski definition) is 3. The van der Waals surface area contributed by atoms with E-state index in [0.29, 0.717) is 6.54 Å². The number of benzene rings is 3. The van der Waals surface area contributed by atoms with E-state index in [2.05, 4.69) is 11.2 Å². The lowest BCUT2D eigenvalue weighted by molar-refractivity contribution is 0.370. The number of rotatable bonds is 7. The Morgan fingerprint density at radius 2 is 1.52 bits per heavy atom. The molecule has 0 aromatic heterocycles. The molecule has 3 nitrogen and oxygen atoms in total. The summed E-state index contributed by atoms with van der Waals surface area (Å²) in [6, 6.07) is 25.5. The van der Waals surface area contributed by atoms with Crippen LogP contribution in [-0.2, 0) is 6.54 Å². The molecule has 3 aromatic rings. The average Bonchev–Trinajstić information content (AvgIpc) is 2.67. The summed E-state index contributed by atoms with van der Waals surface area (Å²) in [5, 5.41) is 3.38. The van der Waals surface area contributed by atoms with Crippen molar-refractivity contribution >= 4 is 5.69 Å². The van der Waals surface area contributed by atoms with Crippen LogP contribution in [0.3, 0.4) is 0 Å². The van der Waals surface area contributed by atoms with Gasteiger partial charge in [-0.3, -0.25) is 0 Å². The van der Waals surface area contributed by atoms with Crippen molar-refractivity contribution in [3.05, 3.63) is 84.4 Å². The smallest absolute Gasteiger partial charge is 0.148 e. The van der Waals surface area contributed by atoms with E-state index in [4.69, 9.17) is 15.9 Å². The average molecular weight is 329 g/mol. The van der Waals surface area contributed by atoms with Crippen molar-refractivity contribution < 1.29 is 9.47 Å². The molecule has 0 atom stereocenters. The molecule has 0 saturated carbocycles. The van der Waals surface area contributed by atoms with Gasteiger partial charge < -0.3 is 14.8 Å². The van der Waals surface area contributed by atoms with Crippen LogP contribution in [0.4, 0.5) is 5.69 Å². The van der Waals surface area contributed by atoms with Gasteiger partial charge in [-0.1, -0.05) is 36.3 Å².